The second-order valence-corrected chi connectivity index (χ2v) is 9.21. The Kier molecular flexibility index (Phi) is 7.44. The molecule has 2 fully saturated rings. The molecule has 0 saturated carbocycles. The minimum atomic E-state index is -0.569. The number of likely N-dealkylation sites (tertiary alicyclic amines) is 2. The number of carbonyl (C=O) groups is 2. The number of methoxy groups -OCH3 is 2. The zero-order valence-corrected chi connectivity index (χ0v) is 20.2. The van der Waals surface area contributed by atoms with E-state index in [1.807, 2.05) is 0 Å². The molecular formula is C24H33N5O6. The summed E-state index contributed by atoms with van der Waals surface area (Å²) in [5.41, 5.74) is 4.73. The normalized spacial score (nSPS) is 18.1. The van der Waals surface area contributed by atoms with Crippen LogP contribution in [0.5, 0.6) is 11.5 Å². The van der Waals surface area contributed by atoms with E-state index in [-0.39, 0.29) is 36.1 Å². The fourth-order valence-corrected chi connectivity index (χ4v) is 5.18. The molecule has 190 valence electrons. The van der Waals surface area contributed by atoms with Crippen molar-refractivity contribution >= 4 is 22.7 Å². The van der Waals surface area contributed by atoms with Crippen LogP contribution in [-0.4, -0.2) is 77.6 Å². The van der Waals surface area contributed by atoms with Gasteiger partial charge in [0, 0.05) is 44.1 Å². The fraction of sp³-hybridized carbons (Fsp3) is 0.583. The van der Waals surface area contributed by atoms with Gasteiger partial charge in [0.25, 0.3) is 5.56 Å². The number of hydrogen-bond donors (Lipinski definition) is 2. The Balaban J connectivity index is 1.36. The van der Waals surface area contributed by atoms with Crippen molar-refractivity contribution in [1.82, 2.24) is 19.4 Å². The Morgan fingerprint density at radius 1 is 1.00 bits per heavy atom. The molecule has 35 heavy (non-hydrogen) atoms. The standard InChI is InChI=1S/C24H33N5O6/c1-34-19-13-17-18(14-20(19)35-2)26-24(33)29(23(17)32)12-7-21(30)28-10-5-16(6-11-28)27-8-3-15(4-9-27)22(25)31/h13-16H,3-12H2,1-2H3,(H2,25,31)(H,26,33). The van der Waals surface area contributed by atoms with Crippen molar-refractivity contribution in [3.63, 3.8) is 0 Å². The Morgan fingerprint density at radius 2 is 1.63 bits per heavy atom. The molecule has 2 aromatic rings. The van der Waals surface area contributed by atoms with Gasteiger partial charge in [-0.3, -0.25) is 19.0 Å². The smallest absolute Gasteiger partial charge is 0.328 e. The molecule has 2 amide bonds. The number of fused-ring (bicyclic) bond motifs is 1. The molecular weight excluding hydrogens is 454 g/mol. The Labute approximate surface area is 202 Å². The number of nitrogens with one attached hydrogen (secondary N) is 1. The minimum absolute atomic E-state index is 0.00214. The summed E-state index contributed by atoms with van der Waals surface area (Å²) in [7, 11) is 2.95. The van der Waals surface area contributed by atoms with E-state index in [1.54, 1.807) is 11.0 Å². The van der Waals surface area contributed by atoms with Crippen LogP contribution in [0.25, 0.3) is 10.9 Å². The van der Waals surface area contributed by atoms with Crippen LogP contribution in [0.4, 0.5) is 0 Å². The number of carbonyl (C=O) groups excluding carboxylic acids is 2. The zero-order chi connectivity index (χ0) is 25.1. The van der Waals surface area contributed by atoms with Gasteiger partial charge in [-0.15, -0.1) is 0 Å². The number of aromatic amines is 1. The maximum absolute atomic E-state index is 13.0. The second-order valence-electron chi connectivity index (χ2n) is 9.21. The van der Waals surface area contributed by atoms with E-state index in [9.17, 15) is 19.2 Å². The Morgan fingerprint density at radius 3 is 2.23 bits per heavy atom. The Bertz CT molecular complexity index is 1210. The summed E-state index contributed by atoms with van der Waals surface area (Å²) in [4.78, 5) is 56.7. The first-order valence-electron chi connectivity index (χ1n) is 12.0. The maximum Gasteiger partial charge on any atom is 0.328 e. The summed E-state index contributed by atoms with van der Waals surface area (Å²) in [6, 6.07) is 3.47. The molecule has 2 saturated heterocycles. The van der Waals surface area contributed by atoms with Crippen LogP contribution in [0, 0.1) is 5.92 Å². The van der Waals surface area contributed by atoms with Crippen molar-refractivity contribution in [3.8, 4) is 11.5 Å². The highest BCUT2D eigenvalue weighted by Crippen LogP contribution is 2.29. The van der Waals surface area contributed by atoms with Gasteiger partial charge in [-0.1, -0.05) is 0 Å². The van der Waals surface area contributed by atoms with E-state index in [4.69, 9.17) is 15.2 Å². The first kappa shape index (κ1) is 24.8. The number of rotatable bonds is 7. The zero-order valence-electron chi connectivity index (χ0n) is 20.2. The molecule has 3 N–H and O–H groups in total. The highest BCUT2D eigenvalue weighted by atomic mass is 16.5. The molecule has 11 nitrogen and oxygen atoms in total. The molecule has 0 spiro atoms. The number of primary amides is 1. The first-order valence-corrected chi connectivity index (χ1v) is 12.0. The monoisotopic (exact) mass is 487 g/mol. The molecule has 0 radical (unpaired) electrons. The number of aromatic nitrogens is 2. The molecule has 4 rings (SSSR count). The van der Waals surface area contributed by atoms with Crippen molar-refractivity contribution in [2.75, 3.05) is 40.4 Å². The van der Waals surface area contributed by atoms with E-state index in [0.29, 0.717) is 36.1 Å². The van der Waals surface area contributed by atoms with Gasteiger partial charge in [0.15, 0.2) is 11.5 Å². The van der Waals surface area contributed by atoms with Crippen LogP contribution in [0.15, 0.2) is 21.7 Å². The molecule has 11 heteroatoms. The number of nitrogens with two attached hydrogens (primary N) is 1. The Hall–Kier alpha value is -3.34. The van der Waals surface area contributed by atoms with Gasteiger partial charge in [0.05, 0.1) is 25.1 Å². The third-order valence-corrected chi connectivity index (χ3v) is 7.30. The maximum atomic E-state index is 13.0. The van der Waals surface area contributed by atoms with Gasteiger partial charge in [-0.05, 0) is 44.8 Å². The van der Waals surface area contributed by atoms with Crippen LogP contribution in [0.2, 0.25) is 0 Å². The van der Waals surface area contributed by atoms with Gasteiger partial charge in [0.1, 0.15) is 0 Å². The van der Waals surface area contributed by atoms with Gasteiger partial charge < -0.3 is 30.0 Å². The molecule has 3 heterocycles. The van der Waals surface area contributed by atoms with E-state index < -0.39 is 11.2 Å². The van der Waals surface area contributed by atoms with E-state index >= 15 is 0 Å². The highest BCUT2D eigenvalue weighted by molar-refractivity contribution is 5.82. The molecule has 0 unspecified atom stereocenters. The molecule has 2 aliphatic rings. The van der Waals surface area contributed by atoms with Gasteiger partial charge in [0.2, 0.25) is 11.8 Å². The lowest BCUT2D eigenvalue weighted by Crippen LogP contribution is -2.50. The summed E-state index contributed by atoms with van der Waals surface area (Å²) in [5.74, 6) is 0.470. The van der Waals surface area contributed by atoms with Crippen molar-refractivity contribution in [2.24, 2.45) is 11.7 Å². The molecule has 0 bridgehead atoms. The summed E-state index contributed by atoms with van der Waals surface area (Å²) in [5, 5.41) is 0.288. The van der Waals surface area contributed by atoms with Crippen molar-refractivity contribution < 1.29 is 19.1 Å². The number of ether oxygens (including phenoxy) is 2. The number of nitrogens with zero attached hydrogens (tertiary/aromatic N) is 3. The first-order chi connectivity index (χ1) is 16.8. The quantitative estimate of drug-likeness (QED) is 0.572. The van der Waals surface area contributed by atoms with E-state index in [0.717, 1.165) is 43.3 Å². The molecule has 0 atom stereocenters. The molecule has 1 aromatic carbocycles. The third-order valence-electron chi connectivity index (χ3n) is 7.30. The summed E-state index contributed by atoms with van der Waals surface area (Å²) >= 11 is 0. The average molecular weight is 488 g/mol. The topological polar surface area (TPSA) is 140 Å². The van der Waals surface area contributed by atoms with Gasteiger partial charge >= 0.3 is 5.69 Å². The molecule has 1 aromatic heterocycles. The van der Waals surface area contributed by atoms with Crippen molar-refractivity contribution in [1.29, 1.82) is 0 Å². The summed E-state index contributed by atoms with van der Waals surface area (Å²) in [6.45, 7) is 2.99. The third kappa shape index (κ3) is 5.19. The molecule has 0 aliphatic carbocycles. The second kappa shape index (κ2) is 10.5. The SMILES string of the molecule is COc1cc2[nH]c(=O)n(CCC(=O)N3CCC(N4CCC(C(N)=O)CC4)CC3)c(=O)c2cc1OC. The van der Waals surface area contributed by atoms with Crippen molar-refractivity contribution in [3.05, 3.63) is 33.0 Å². The largest absolute Gasteiger partial charge is 0.493 e. The van der Waals surface area contributed by atoms with Crippen LogP contribution >= 0.6 is 0 Å². The number of piperidine rings is 2. The number of benzene rings is 1. The van der Waals surface area contributed by atoms with Gasteiger partial charge in [-0.2, -0.15) is 0 Å². The fourth-order valence-electron chi connectivity index (χ4n) is 5.18. The number of hydrogen-bond acceptors (Lipinski definition) is 7. The number of H-pyrrole nitrogens is 1. The van der Waals surface area contributed by atoms with E-state index in [1.165, 1.54) is 20.3 Å². The average Bonchev–Trinajstić information content (AvgIpc) is 2.87. The van der Waals surface area contributed by atoms with Gasteiger partial charge in [-0.25, -0.2) is 4.79 Å². The van der Waals surface area contributed by atoms with Crippen molar-refractivity contribution in [2.45, 2.75) is 44.7 Å². The van der Waals surface area contributed by atoms with E-state index in [2.05, 4.69) is 9.88 Å². The lowest BCUT2D eigenvalue weighted by atomic mass is 9.93. The number of amides is 2. The predicted octanol–water partition coefficient (Wildman–Crippen LogP) is 0.285. The lowest BCUT2D eigenvalue weighted by molar-refractivity contribution is -0.133. The molecule has 2 aliphatic heterocycles. The summed E-state index contributed by atoms with van der Waals surface area (Å²) in [6.07, 6.45) is 3.39. The summed E-state index contributed by atoms with van der Waals surface area (Å²) < 4.78 is 11.6. The van der Waals surface area contributed by atoms with Crippen LogP contribution in [0.3, 0.4) is 0 Å². The van der Waals surface area contributed by atoms with Crippen LogP contribution < -0.4 is 26.5 Å². The van der Waals surface area contributed by atoms with Crippen LogP contribution in [-0.2, 0) is 16.1 Å². The van der Waals surface area contributed by atoms with Crippen LogP contribution in [0.1, 0.15) is 32.1 Å². The minimum Gasteiger partial charge on any atom is -0.493 e. The lowest BCUT2D eigenvalue weighted by Gasteiger charge is -2.41. The highest BCUT2D eigenvalue weighted by Gasteiger charge is 2.31. The predicted molar refractivity (Wildman–Crippen MR) is 130 cm³/mol.